The summed E-state index contributed by atoms with van der Waals surface area (Å²) < 4.78 is 6.01. The van der Waals surface area contributed by atoms with E-state index in [0.717, 1.165) is 15.0 Å². The molecule has 0 bridgehead atoms. The van der Waals surface area contributed by atoms with Crippen molar-refractivity contribution in [3.63, 3.8) is 0 Å². The fraction of sp³-hybridized carbons (Fsp3) is 0.300. The summed E-state index contributed by atoms with van der Waals surface area (Å²) in [5.74, 6) is -0.308. The third-order valence-electron chi connectivity index (χ3n) is 2.05. The van der Waals surface area contributed by atoms with Gasteiger partial charge >= 0.3 is 5.97 Å². The molecule has 0 atom stereocenters. The van der Waals surface area contributed by atoms with Gasteiger partial charge in [-0.15, -0.1) is 22.7 Å². The second-order valence-electron chi connectivity index (χ2n) is 2.95. The van der Waals surface area contributed by atoms with Crippen molar-refractivity contribution in [1.82, 2.24) is 0 Å². The van der Waals surface area contributed by atoms with Gasteiger partial charge in [0.25, 0.3) is 0 Å². The molecule has 80 valence electrons. The maximum Gasteiger partial charge on any atom is 0.339 e. The first-order valence-electron chi connectivity index (χ1n) is 4.53. The highest BCUT2D eigenvalue weighted by Crippen LogP contribution is 2.35. The molecule has 2 aromatic heterocycles. The summed E-state index contributed by atoms with van der Waals surface area (Å²) in [5, 5.41) is 13.7. The van der Waals surface area contributed by atoms with E-state index in [0.29, 0.717) is 12.2 Å². The van der Waals surface area contributed by atoms with E-state index in [2.05, 4.69) is 0 Å². The van der Waals surface area contributed by atoms with Gasteiger partial charge in [0.2, 0.25) is 0 Å². The quantitative estimate of drug-likeness (QED) is 0.842. The van der Waals surface area contributed by atoms with Crippen molar-refractivity contribution in [3.8, 4) is 0 Å². The zero-order valence-electron chi connectivity index (χ0n) is 8.15. The van der Waals surface area contributed by atoms with E-state index in [4.69, 9.17) is 9.84 Å². The minimum Gasteiger partial charge on any atom is -0.462 e. The maximum atomic E-state index is 11.6. The van der Waals surface area contributed by atoms with Gasteiger partial charge in [0.15, 0.2) is 0 Å². The van der Waals surface area contributed by atoms with Crippen molar-refractivity contribution in [2.75, 3.05) is 6.61 Å². The van der Waals surface area contributed by atoms with Crippen LogP contribution in [-0.4, -0.2) is 17.7 Å². The maximum absolute atomic E-state index is 11.6. The van der Waals surface area contributed by atoms with Crippen molar-refractivity contribution in [2.24, 2.45) is 0 Å². The number of esters is 1. The van der Waals surface area contributed by atoms with Crippen LogP contribution < -0.4 is 0 Å². The Kier molecular flexibility index (Phi) is 3.04. The van der Waals surface area contributed by atoms with Gasteiger partial charge in [-0.2, -0.15) is 0 Å². The smallest absolute Gasteiger partial charge is 0.339 e. The van der Waals surface area contributed by atoms with Crippen LogP contribution in [0.25, 0.3) is 9.40 Å². The molecule has 0 fully saturated rings. The second-order valence-corrected chi connectivity index (χ2v) is 4.97. The monoisotopic (exact) mass is 242 g/mol. The summed E-state index contributed by atoms with van der Waals surface area (Å²) in [5.41, 5.74) is 1.38. The van der Waals surface area contributed by atoms with Crippen molar-refractivity contribution in [1.29, 1.82) is 0 Å². The van der Waals surface area contributed by atoms with E-state index < -0.39 is 0 Å². The van der Waals surface area contributed by atoms with Gasteiger partial charge in [0.1, 0.15) is 0 Å². The van der Waals surface area contributed by atoms with Crippen LogP contribution in [0.1, 0.15) is 22.8 Å². The van der Waals surface area contributed by atoms with E-state index >= 15 is 0 Å². The highest BCUT2D eigenvalue weighted by atomic mass is 32.2. The van der Waals surface area contributed by atoms with Crippen LogP contribution in [0.2, 0.25) is 0 Å². The number of aliphatic hydroxyl groups excluding tert-OH is 1. The molecule has 0 aliphatic carbocycles. The van der Waals surface area contributed by atoms with Gasteiger partial charge in [-0.05, 0) is 17.9 Å². The first-order chi connectivity index (χ1) is 7.27. The first-order valence-corrected chi connectivity index (χ1v) is 6.29. The number of carbonyl (C=O) groups is 1. The number of fused-ring (bicyclic) bond motifs is 1. The third-order valence-corrected chi connectivity index (χ3v) is 4.22. The molecule has 2 aromatic rings. The molecule has 2 rings (SSSR count). The molecular formula is C10H10O3S2. The number of carbonyl (C=O) groups excluding carboxylic acids is 1. The van der Waals surface area contributed by atoms with Gasteiger partial charge in [-0.3, -0.25) is 0 Å². The molecule has 0 radical (unpaired) electrons. The Bertz CT molecular complexity index is 484. The van der Waals surface area contributed by atoms with Crippen molar-refractivity contribution in [3.05, 3.63) is 21.9 Å². The van der Waals surface area contributed by atoms with Gasteiger partial charge in [-0.25, -0.2) is 4.79 Å². The lowest BCUT2D eigenvalue weighted by Gasteiger charge is -1.99. The van der Waals surface area contributed by atoms with Crippen molar-refractivity contribution in [2.45, 2.75) is 13.5 Å². The van der Waals surface area contributed by atoms with Crippen LogP contribution in [0.3, 0.4) is 0 Å². The fourth-order valence-corrected chi connectivity index (χ4v) is 3.50. The molecule has 0 aliphatic heterocycles. The highest BCUT2D eigenvalue weighted by Gasteiger charge is 2.17. The van der Waals surface area contributed by atoms with E-state index in [1.807, 2.05) is 5.38 Å². The van der Waals surface area contributed by atoms with E-state index in [1.165, 1.54) is 11.3 Å². The Morgan fingerprint density at radius 2 is 2.20 bits per heavy atom. The molecule has 0 aromatic carbocycles. The molecule has 0 unspecified atom stereocenters. The number of hydrogen-bond acceptors (Lipinski definition) is 5. The average Bonchev–Trinajstić information content (AvgIpc) is 2.77. The molecule has 0 saturated heterocycles. The van der Waals surface area contributed by atoms with Gasteiger partial charge in [0, 0.05) is 10.8 Å². The average molecular weight is 242 g/mol. The largest absolute Gasteiger partial charge is 0.462 e. The van der Waals surface area contributed by atoms with E-state index in [9.17, 15) is 4.79 Å². The zero-order valence-corrected chi connectivity index (χ0v) is 9.78. The number of thiophene rings is 2. The zero-order chi connectivity index (χ0) is 10.8. The molecule has 3 nitrogen and oxygen atoms in total. The van der Waals surface area contributed by atoms with Gasteiger partial charge in [-0.1, -0.05) is 0 Å². The normalized spacial score (nSPS) is 10.8. The molecule has 0 aliphatic rings. The summed E-state index contributed by atoms with van der Waals surface area (Å²) in [4.78, 5) is 11.6. The summed E-state index contributed by atoms with van der Waals surface area (Å²) >= 11 is 3.06. The SMILES string of the molecule is CCOC(=O)c1csc2scc(CO)c12. The molecule has 0 spiro atoms. The molecule has 5 heteroatoms. The number of aliphatic hydroxyl groups is 1. The van der Waals surface area contributed by atoms with E-state index in [1.54, 1.807) is 23.6 Å². The predicted molar refractivity (Wildman–Crippen MR) is 61.6 cm³/mol. The standard InChI is InChI=1S/C10H10O3S2/c1-2-13-9(12)7-5-15-10-8(7)6(3-11)4-14-10/h4-5,11H,2-3H2,1H3. The fourth-order valence-electron chi connectivity index (χ4n) is 1.39. The van der Waals surface area contributed by atoms with Crippen LogP contribution in [0.15, 0.2) is 10.8 Å². The Labute approximate surface area is 94.9 Å². The van der Waals surface area contributed by atoms with Gasteiger partial charge in [0.05, 0.1) is 22.8 Å². The van der Waals surface area contributed by atoms with Crippen molar-refractivity contribution < 1.29 is 14.6 Å². The first kappa shape index (κ1) is 10.6. The van der Waals surface area contributed by atoms with Crippen LogP contribution in [0.5, 0.6) is 0 Å². The summed E-state index contributed by atoms with van der Waals surface area (Å²) in [6, 6.07) is 0. The molecule has 2 heterocycles. The molecule has 15 heavy (non-hydrogen) atoms. The van der Waals surface area contributed by atoms with Crippen LogP contribution in [0, 0.1) is 0 Å². The topological polar surface area (TPSA) is 46.5 Å². The molecule has 0 saturated carbocycles. The van der Waals surface area contributed by atoms with Crippen LogP contribution in [0.4, 0.5) is 0 Å². The van der Waals surface area contributed by atoms with Crippen molar-refractivity contribution >= 4 is 38.0 Å². The Morgan fingerprint density at radius 3 is 2.87 bits per heavy atom. The Hall–Kier alpha value is -0.910. The Morgan fingerprint density at radius 1 is 1.47 bits per heavy atom. The van der Waals surface area contributed by atoms with Gasteiger partial charge < -0.3 is 9.84 Å². The third kappa shape index (κ3) is 1.78. The van der Waals surface area contributed by atoms with Crippen LogP contribution in [-0.2, 0) is 11.3 Å². The number of hydrogen-bond donors (Lipinski definition) is 1. The van der Waals surface area contributed by atoms with E-state index in [-0.39, 0.29) is 12.6 Å². The lowest BCUT2D eigenvalue weighted by Crippen LogP contribution is -2.03. The summed E-state index contributed by atoms with van der Waals surface area (Å²) in [6.45, 7) is 2.11. The molecule has 1 N–H and O–H groups in total. The lowest BCUT2D eigenvalue weighted by atomic mass is 10.2. The number of ether oxygens (including phenoxy) is 1. The summed E-state index contributed by atoms with van der Waals surface area (Å²) in [6.07, 6.45) is 0. The summed E-state index contributed by atoms with van der Waals surface area (Å²) in [7, 11) is 0. The second kappa shape index (κ2) is 4.30. The number of rotatable bonds is 3. The minimum absolute atomic E-state index is 0.0386. The highest BCUT2D eigenvalue weighted by molar-refractivity contribution is 7.37. The van der Waals surface area contributed by atoms with Crippen LogP contribution >= 0.6 is 22.7 Å². The molecular weight excluding hydrogens is 232 g/mol. The molecule has 0 amide bonds. The minimum atomic E-state index is -0.308. The lowest BCUT2D eigenvalue weighted by molar-refractivity contribution is 0.0529. The predicted octanol–water partition coefficient (Wildman–Crippen LogP) is 2.63. The Balaban J connectivity index is 2.50.